The number of hydrogen-bond donors (Lipinski definition) is 1. The van der Waals surface area contributed by atoms with E-state index in [-0.39, 0.29) is 53.9 Å². The third-order valence-electron chi connectivity index (χ3n) is 8.32. The summed E-state index contributed by atoms with van der Waals surface area (Å²) in [7, 11) is 1.31. The molecule has 9 nitrogen and oxygen atoms in total. The van der Waals surface area contributed by atoms with Gasteiger partial charge in [-0.15, -0.1) is 0 Å². The Bertz CT molecular complexity index is 2000. The number of benzene rings is 3. The van der Waals surface area contributed by atoms with Gasteiger partial charge in [-0.05, 0) is 73.4 Å². The van der Waals surface area contributed by atoms with Crippen molar-refractivity contribution in [2.24, 2.45) is 0 Å². The van der Waals surface area contributed by atoms with Gasteiger partial charge in [0.15, 0.2) is 0 Å². The zero-order valence-corrected chi connectivity index (χ0v) is 25.7. The molecule has 1 aliphatic rings. The summed E-state index contributed by atoms with van der Waals surface area (Å²) in [5.74, 6) is -2.45. The van der Waals surface area contributed by atoms with Crippen LogP contribution in [0.4, 0.5) is 18.0 Å². The van der Waals surface area contributed by atoms with Crippen molar-refractivity contribution in [3.8, 4) is 17.1 Å². The molecule has 0 unspecified atom stereocenters. The highest BCUT2D eigenvalue weighted by atomic mass is 19.1. The monoisotopic (exact) mass is 644 g/mol. The van der Waals surface area contributed by atoms with E-state index in [2.05, 4.69) is 9.97 Å². The lowest BCUT2D eigenvalue weighted by atomic mass is 10.0. The molecule has 5 aromatic rings. The smallest absolute Gasteiger partial charge is 0.409 e. The highest BCUT2D eigenvalue weighted by Crippen LogP contribution is 2.30. The van der Waals surface area contributed by atoms with Crippen molar-refractivity contribution in [2.45, 2.75) is 45.4 Å². The van der Waals surface area contributed by atoms with E-state index >= 15 is 8.78 Å². The molecule has 3 aromatic carbocycles. The SMILES string of the molecule is COC(=O)N1CCC[C@@H]1Cn1c(Cc2cc(F)c(-c3cccc(OCc4ccc(C)cc4F)n3)cc2F)nc2ccc(C(=O)O)cc21. The molecular weight excluding hydrogens is 613 g/mol. The van der Waals surface area contributed by atoms with Crippen molar-refractivity contribution < 1.29 is 37.3 Å². The van der Waals surface area contributed by atoms with Gasteiger partial charge >= 0.3 is 12.1 Å². The number of rotatable bonds is 9. The zero-order valence-electron chi connectivity index (χ0n) is 25.7. The van der Waals surface area contributed by atoms with Gasteiger partial charge in [-0.1, -0.05) is 18.2 Å². The fraction of sp³-hybridized carbons (Fsp3) is 0.257. The fourth-order valence-corrected chi connectivity index (χ4v) is 5.89. The van der Waals surface area contributed by atoms with Crippen LogP contribution in [0.5, 0.6) is 5.88 Å². The summed E-state index contributed by atoms with van der Waals surface area (Å²) >= 11 is 0. The number of halogens is 3. The maximum Gasteiger partial charge on any atom is 0.409 e. The predicted molar refractivity (Wildman–Crippen MR) is 167 cm³/mol. The summed E-state index contributed by atoms with van der Waals surface area (Å²) in [6, 6.07) is 15.8. The Hall–Kier alpha value is -5.39. The molecule has 0 aliphatic carbocycles. The van der Waals surface area contributed by atoms with Crippen LogP contribution in [0.2, 0.25) is 0 Å². The minimum absolute atomic E-state index is 0.0276. The molecule has 0 bridgehead atoms. The van der Waals surface area contributed by atoms with Gasteiger partial charge in [-0.25, -0.2) is 32.7 Å². The number of aryl methyl sites for hydroxylation is 1. The van der Waals surface area contributed by atoms with Crippen LogP contribution in [0.25, 0.3) is 22.3 Å². The van der Waals surface area contributed by atoms with Crippen molar-refractivity contribution in [1.29, 1.82) is 0 Å². The number of carboxylic acid groups (broad SMARTS) is 1. The number of carbonyl (C=O) groups is 2. The molecule has 47 heavy (non-hydrogen) atoms. The highest BCUT2D eigenvalue weighted by molar-refractivity contribution is 5.92. The van der Waals surface area contributed by atoms with Gasteiger partial charge in [0.1, 0.15) is 29.9 Å². The van der Waals surface area contributed by atoms with E-state index in [0.29, 0.717) is 35.4 Å². The predicted octanol–water partition coefficient (Wildman–Crippen LogP) is 6.92. The first-order valence-electron chi connectivity index (χ1n) is 15.0. The first kappa shape index (κ1) is 31.6. The topological polar surface area (TPSA) is 107 Å². The van der Waals surface area contributed by atoms with Crippen molar-refractivity contribution in [1.82, 2.24) is 19.4 Å². The van der Waals surface area contributed by atoms with Crippen LogP contribution in [-0.2, 0) is 24.3 Å². The number of nitrogens with zero attached hydrogens (tertiary/aromatic N) is 4. The van der Waals surface area contributed by atoms with Crippen molar-refractivity contribution in [2.75, 3.05) is 13.7 Å². The molecule has 242 valence electrons. The standard InChI is InChI=1S/C35H31F3N4O5/c1-20-8-9-22(26(36)13-20)19-47-33-7-3-6-29(40-33)25-17-27(37)23(14-28(25)38)16-32-39-30-11-10-21(34(43)44)15-31(30)42(32)18-24-5-4-12-41(24)35(45)46-2/h3,6-11,13-15,17,24H,4-5,12,16,18-19H2,1-2H3,(H,43,44)/t24-/m1/s1. The molecule has 6 rings (SSSR count). The lowest BCUT2D eigenvalue weighted by molar-refractivity contribution is 0.0697. The molecule has 1 atom stereocenters. The maximum atomic E-state index is 15.7. The Balaban J connectivity index is 1.29. The Labute approximate surface area is 268 Å². The number of amides is 1. The number of methoxy groups -OCH3 is 1. The van der Waals surface area contributed by atoms with Gasteiger partial charge in [-0.2, -0.15) is 0 Å². The van der Waals surface area contributed by atoms with Gasteiger partial charge in [0, 0.05) is 36.7 Å². The first-order valence-corrected chi connectivity index (χ1v) is 15.0. The molecule has 1 amide bonds. The van der Waals surface area contributed by atoms with E-state index in [1.54, 1.807) is 46.7 Å². The van der Waals surface area contributed by atoms with Gasteiger partial charge in [0.25, 0.3) is 0 Å². The third kappa shape index (κ3) is 6.62. The molecule has 12 heteroatoms. The summed E-state index contributed by atoms with van der Waals surface area (Å²) in [5.41, 5.74) is 2.21. The Kier molecular flexibility index (Phi) is 8.84. The summed E-state index contributed by atoms with van der Waals surface area (Å²) in [4.78, 5) is 34.7. The van der Waals surface area contributed by atoms with Crippen molar-refractivity contribution >= 4 is 23.1 Å². The average molecular weight is 645 g/mol. The molecular formula is C35H31F3N4O5. The lowest BCUT2D eigenvalue weighted by Crippen LogP contribution is -2.38. The number of carbonyl (C=O) groups excluding carboxylic acids is 1. The average Bonchev–Trinajstić information content (AvgIpc) is 3.66. The second-order valence-electron chi connectivity index (χ2n) is 11.5. The highest BCUT2D eigenvalue weighted by Gasteiger charge is 2.31. The van der Waals surface area contributed by atoms with Crippen LogP contribution in [-0.4, -0.2) is 56.3 Å². The zero-order chi connectivity index (χ0) is 33.2. The largest absolute Gasteiger partial charge is 0.478 e. The summed E-state index contributed by atoms with van der Waals surface area (Å²) in [6.45, 7) is 2.45. The van der Waals surface area contributed by atoms with Crippen molar-refractivity contribution in [3.63, 3.8) is 0 Å². The number of aromatic carboxylic acids is 1. The van der Waals surface area contributed by atoms with E-state index in [1.165, 1.54) is 31.4 Å². The number of likely N-dealkylation sites (tertiary alicyclic amines) is 1. The minimum atomic E-state index is -1.12. The summed E-state index contributed by atoms with van der Waals surface area (Å²) in [5, 5.41) is 9.60. The Morgan fingerprint density at radius 3 is 2.53 bits per heavy atom. The second kappa shape index (κ2) is 13.1. The Morgan fingerprint density at radius 1 is 0.957 bits per heavy atom. The molecule has 1 saturated heterocycles. The second-order valence-corrected chi connectivity index (χ2v) is 11.5. The van der Waals surface area contributed by atoms with Crippen LogP contribution in [0.1, 0.15) is 45.7 Å². The third-order valence-corrected chi connectivity index (χ3v) is 8.32. The molecule has 1 N–H and O–H groups in total. The van der Waals surface area contributed by atoms with E-state index in [4.69, 9.17) is 9.47 Å². The first-order chi connectivity index (χ1) is 22.6. The Morgan fingerprint density at radius 2 is 1.77 bits per heavy atom. The number of imidazole rings is 1. The van der Waals surface area contributed by atoms with Gasteiger partial charge < -0.3 is 24.0 Å². The normalized spacial score (nSPS) is 14.5. The molecule has 2 aromatic heterocycles. The van der Waals surface area contributed by atoms with Gasteiger partial charge in [-0.3, -0.25) is 0 Å². The fourth-order valence-electron chi connectivity index (χ4n) is 5.89. The van der Waals surface area contributed by atoms with Crippen molar-refractivity contribution in [3.05, 3.63) is 112 Å². The van der Waals surface area contributed by atoms with E-state index in [1.807, 2.05) is 0 Å². The number of hydrogen-bond acceptors (Lipinski definition) is 6. The van der Waals surface area contributed by atoms with Gasteiger partial charge in [0.2, 0.25) is 5.88 Å². The molecule has 0 radical (unpaired) electrons. The quantitative estimate of drug-likeness (QED) is 0.186. The maximum absolute atomic E-state index is 15.7. The summed E-state index contributed by atoms with van der Waals surface area (Å²) < 4.78 is 57.9. The van der Waals surface area contributed by atoms with Crippen LogP contribution in [0, 0.1) is 24.4 Å². The van der Waals surface area contributed by atoms with Crippen LogP contribution < -0.4 is 4.74 Å². The lowest BCUT2D eigenvalue weighted by Gasteiger charge is -2.24. The number of ether oxygens (including phenoxy) is 2. The number of fused-ring (bicyclic) bond motifs is 1. The van der Waals surface area contributed by atoms with E-state index in [9.17, 15) is 19.1 Å². The molecule has 0 saturated carbocycles. The molecule has 3 heterocycles. The minimum Gasteiger partial charge on any atom is -0.478 e. The number of aromatic nitrogens is 3. The molecule has 1 aliphatic heterocycles. The van der Waals surface area contributed by atoms with Gasteiger partial charge in [0.05, 0.1) is 35.4 Å². The van der Waals surface area contributed by atoms with E-state index in [0.717, 1.165) is 24.1 Å². The summed E-state index contributed by atoms with van der Waals surface area (Å²) in [6.07, 6.45) is 0.857. The van der Waals surface area contributed by atoms with E-state index < -0.39 is 29.5 Å². The van der Waals surface area contributed by atoms with Crippen LogP contribution in [0.3, 0.4) is 0 Å². The van der Waals surface area contributed by atoms with Crippen LogP contribution in [0.15, 0.2) is 66.7 Å². The number of pyridine rings is 1. The molecule has 0 spiro atoms. The van der Waals surface area contributed by atoms with Crippen LogP contribution >= 0.6 is 0 Å². The number of carboxylic acids is 1. The molecule has 1 fully saturated rings.